The fraction of sp³-hybridized carbons (Fsp3) is 0.435. The van der Waals surface area contributed by atoms with E-state index in [1.165, 1.54) is 0 Å². The van der Waals surface area contributed by atoms with Crippen LogP contribution in [0.1, 0.15) is 29.6 Å². The van der Waals surface area contributed by atoms with Gasteiger partial charge in [-0.2, -0.15) is 20.8 Å². The van der Waals surface area contributed by atoms with Crippen molar-refractivity contribution >= 4 is 39.9 Å². The molecule has 5 rings (SSSR count). The van der Waals surface area contributed by atoms with Crippen molar-refractivity contribution in [3.05, 3.63) is 42.1 Å². The summed E-state index contributed by atoms with van der Waals surface area (Å²) in [4.78, 5) is 37.6. The predicted molar refractivity (Wildman–Crippen MR) is 128 cm³/mol. The molecule has 1 atom stereocenters. The van der Waals surface area contributed by atoms with Gasteiger partial charge in [0.15, 0.2) is 0 Å². The topological polar surface area (TPSA) is 143 Å². The fourth-order valence-electron chi connectivity index (χ4n) is 4.60. The molecule has 0 spiro atoms. The molecule has 2 saturated heterocycles. The highest BCUT2D eigenvalue weighted by atomic mass is 32.3. The molecule has 2 aliphatic heterocycles. The van der Waals surface area contributed by atoms with Crippen LogP contribution in [0.4, 0.5) is 17.5 Å². The van der Waals surface area contributed by atoms with Gasteiger partial charge in [0.05, 0.1) is 17.6 Å². The maximum atomic E-state index is 13.0. The van der Waals surface area contributed by atoms with E-state index in [1.54, 1.807) is 46.3 Å². The van der Waals surface area contributed by atoms with Crippen LogP contribution in [0.15, 0.2) is 36.5 Å². The number of rotatable bonds is 5. The molecule has 0 bridgehead atoms. The molecule has 34 heavy (non-hydrogen) atoms. The number of carbonyl (C=O) groups is 2. The van der Waals surface area contributed by atoms with E-state index in [0.29, 0.717) is 49.1 Å². The van der Waals surface area contributed by atoms with Crippen molar-refractivity contribution in [2.75, 3.05) is 41.4 Å². The van der Waals surface area contributed by atoms with Crippen LogP contribution in [0.25, 0.3) is 0 Å². The first-order chi connectivity index (χ1) is 16.3. The second-order valence-electron chi connectivity index (χ2n) is 9.01. The first-order valence-electron chi connectivity index (χ1n) is 11.3. The Morgan fingerprint density at radius 3 is 2.50 bits per heavy atom. The van der Waals surface area contributed by atoms with E-state index in [0.717, 1.165) is 12.8 Å². The average Bonchev–Trinajstić information content (AvgIpc) is 3.63. The van der Waals surface area contributed by atoms with Crippen LogP contribution in [0.5, 0.6) is 0 Å². The second-order valence-corrected chi connectivity index (χ2v) is 11.4. The maximum Gasteiger partial charge on any atom is 0.253 e. The molecule has 178 valence electrons. The van der Waals surface area contributed by atoms with Gasteiger partial charge in [0.1, 0.15) is 11.2 Å². The van der Waals surface area contributed by atoms with Crippen molar-refractivity contribution in [1.82, 2.24) is 14.9 Å². The second kappa shape index (κ2) is 8.54. The molecule has 1 aromatic heterocycles. The lowest BCUT2D eigenvalue weighted by molar-refractivity contribution is -0.123. The summed E-state index contributed by atoms with van der Waals surface area (Å²) < 4.78 is 19.5. The van der Waals surface area contributed by atoms with Gasteiger partial charge in [-0.15, -0.1) is 0 Å². The smallest absolute Gasteiger partial charge is 0.253 e. The van der Waals surface area contributed by atoms with Crippen LogP contribution in [-0.2, 0) is 4.79 Å². The Bertz CT molecular complexity index is 1150. The number of anilines is 3. The van der Waals surface area contributed by atoms with E-state index in [9.17, 15) is 24.0 Å². The van der Waals surface area contributed by atoms with Gasteiger partial charge in [-0.25, -0.2) is 4.98 Å². The Morgan fingerprint density at radius 2 is 1.85 bits per heavy atom. The average molecular weight is 483 g/mol. The SMILES string of the molecule is N#C[C@@]1(C2CC2)CCN(c2ccnc(Nc3ccc(C(=O)N4CCS(O)(O)CC4)cc3)n2)C1=O. The third-order valence-electron chi connectivity index (χ3n) is 6.80. The Hall–Kier alpha value is -3.20. The molecule has 1 saturated carbocycles. The van der Waals surface area contributed by atoms with Crippen LogP contribution in [0, 0.1) is 22.7 Å². The number of nitrogens with zero attached hydrogens (tertiary/aromatic N) is 5. The molecule has 0 unspecified atom stereocenters. The molecular formula is C23H26N6O4S. The van der Waals surface area contributed by atoms with Crippen molar-refractivity contribution in [3.63, 3.8) is 0 Å². The minimum atomic E-state index is -2.55. The van der Waals surface area contributed by atoms with E-state index in [2.05, 4.69) is 21.4 Å². The minimum absolute atomic E-state index is 0.149. The van der Waals surface area contributed by atoms with Crippen LogP contribution in [-0.4, -0.2) is 66.9 Å². The number of hydrogen-bond donors (Lipinski definition) is 3. The standard InChI is InChI=1S/C23H26N6O4S/c24-15-23(17-3-4-17)8-10-29(21(23)31)19-7-9-25-22(27-19)26-18-5-1-16(2-6-18)20(30)28-11-13-34(32,33)14-12-28/h1-2,5-7,9,17,32-33H,3-4,8,10-14H2,(H,25,26,27)/t23-/m1/s1. The Kier molecular flexibility index (Phi) is 5.67. The van der Waals surface area contributed by atoms with Gasteiger partial charge >= 0.3 is 0 Å². The van der Waals surface area contributed by atoms with Crippen LogP contribution >= 0.6 is 10.6 Å². The van der Waals surface area contributed by atoms with Crippen LogP contribution in [0.2, 0.25) is 0 Å². The number of hydrogen-bond acceptors (Lipinski definition) is 8. The molecule has 3 aliphatic rings. The number of nitrogens with one attached hydrogen (secondary N) is 1. The number of aromatic nitrogens is 2. The summed E-state index contributed by atoms with van der Waals surface area (Å²) in [5.41, 5.74) is 0.264. The zero-order valence-electron chi connectivity index (χ0n) is 18.6. The summed E-state index contributed by atoms with van der Waals surface area (Å²) in [5.74, 6) is 1.02. The summed E-state index contributed by atoms with van der Waals surface area (Å²) >= 11 is 0. The zero-order valence-corrected chi connectivity index (χ0v) is 19.4. The van der Waals surface area contributed by atoms with E-state index < -0.39 is 16.0 Å². The molecule has 3 fully saturated rings. The van der Waals surface area contributed by atoms with Crippen molar-refractivity contribution in [1.29, 1.82) is 5.26 Å². The third-order valence-corrected chi connectivity index (χ3v) is 8.47. The molecule has 10 nitrogen and oxygen atoms in total. The number of benzene rings is 1. The van der Waals surface area contributed by atoms with Gasteiger partial charge in [-0.3, -0.25) is 23.6 Å². The molecule has 1 aromatic carbocycles. The summed E-state index contributed by atoms with van der Waals surface area (Å²) in [6, 6.07) is 10.8. The van der Waals surface area contributed by atoms with Gasteiger partial charge in [-0.1, -0.05) is 0 Å². The zero-order chi connectivity index (χ0) is 23.9. The van der Waals surface area contributed by atoms with Gasteiger partial charge < -0.3 is 10.2 Å². The highest BCUT2D eigenvalue weighted by Gasteiger charge is 2.57. The predicted octanol–water partition coefficient (Wildman–Crippen LogP) is 3.08. The summed E-state index contributed by atoms with van der Waals surface area (Å²) in [6.07, 6.45) is 3.93. The quantitative estimate of drug-likeness (QED) is 0.590. The van der Waals surface area contributed by atoms with E-state index in [-0.39, 0.29) is 29.2 Å². The largest absolute Gasteiger partial charge is 0.336 e. The summed E-state index contributed by atoms with van der Waals surface area (Å²) in [5, 5.41) is 12.8. The van der Waals surface area contributed by atoms with Crippen molar-refractivity contribution in [2.24, 2.45) is 11.3 Å². The van der Waals surface area contributed by atoms with Gasteiger partial charge in [-0.05, 0) is 55.5 Å². The molecule has 2 amide bonds. The summed E-state index contributed by atoms with van der Waals surface area (Å²) in [7, 11) is -2.55. The Labute approximate surface area is 199 Å². The monoisotopic (exact) mass is 482 g/mol. The molecule has 3 heterocycles. The van der Waals surface area contributed by atoms with E-state index in [1.807, 2.05) is 0 Å². The maximum absolute atomic E-state index is 13.0. The van der Waals surface area contributed by atoms with Crippen LogP contribution < -0.4 is 10.2 Å². The van der Waals surface area contributed by atoms with E-state index in [4.69, 9.17) is 0 Å². The lowest BCUT2D eigenvalue weighted by Gasteiger charge is -2.40. The number of carbonyl (C=O) groups excluding carboxylic acids is 2. The van der Waals surface area contributed by atoms with E-state index >= 15 is 0 Å². The first kappa shape index (κ1) is 22.6. The highest BCUT2D eigenvalue weighted by Crippen LogP contribution is 2.51. The van der Waals surface area contributed by atoms with Crippen LogP contribution in [0.3, 0.4) is 0 Å². The lowest BCUT2D eigenvalue weighted by Crippen LogP contribution is -2.42. The molecule has 11 heteroatoms. The normalized spacial score (nSPS) is 25.0. The van der Waals surface area contributed by atoms with Gasteiger partial charge in [0.25, 0.3) is 5.91 Å². The molecule has 1 aliphatic carbocycles. The van der Waals surface area contributed by atoms with Crippen molar-refractivity contribution in [2.45, 2.75) is 19.3 Å². The lowest BCUT2D eigenvalue weighted by atomic mass is 9.83. The highest BCUT2D eigenvalue weighted by molar-refractivity contribution is 8.24. The fourth-order valence-corrected chi connectivity index (χ4v) is 5.83. The molecule has 3 N–H and O–H groups in total. The number of nitriles is 1. The Morgan fingerprint density at radius 1 is 1.15 bits per heavy atom. The first-order valence-corrected chi connectivity index (χ1v) is 13.2. The van der Waals surface area contributed by atoms with Gasteiger partial charge in [0, 0.05) is 37.1 Å². The minimum Gasteiger partial charge on any atom is -0.336 e. The van der Waals surface area contributed by atoms with Crippen molar-refractivity contribution in [3.8, 4) is 6.07 Å². The molecule has 2 aromatic rings. The molecule has 0 radical (unpaired) electrons. The van der Waals surface area contributed by atoms with Crippen molar-refractivity contribution < 1.29 is 18.7 Å². The van der Waals surface area contributed by atoms with Gasteiger partial charge in [0.2, 0.25) is 11.9 Å². The number of amides is 2. The Balaban J connectivity index is 1.25. The summed E-state index contributed by atoms with van der Waals surface area (Å²) in [6.45, 7) is 1.11. The molecular weight excluding hydrogens is 456 g/mol. The third kappa shape index (κ3) is 4.20.